The molecule has 110 valence electrons. The summed E-state index contributed by atoms with van der Waals surface area (Å²) < 4.78 is 18.5. The molecule has 4 N–H and O–H groups in total. The van der Waals surface area contributed by atoms with E-state index < -0.39 is 11.9 Å². The van der Waals surface area contributed by atoms with Crippen LogP contribution in [-0.4, -0.2) is 37.2 Å². The van der Waals surface area contributed by atoms with Crippen molar-refractivity contribution in [3.63, 3.8) is 0 Å². The Bertz CT molecular complexity index is 497. The second kappa shape index (κ2) is 7.76. The monoisotopic (exact) mass is 299 g/mol. The number of thiocarbonyl (C=S) groups is 1. The van der Waals surface area contributed by atoms with Crippen LogP contribution in [-0.2, 0) is 9.53 Å². The number of methoxy groups -OCH3 is 1. The average molecular weight is 299 g/mol. The lowest BCUT2D eigenvalue weighted by atomic mass is 10.1. The van der Waals surface area contributed by atoms with Gasteiger partial charge in [-0.2, -0.15) is 0 Å². The summed E-state index contributed by atoms with van der Waals surface area (Å²) in [5.74, 6) is -0.741. The minimum Gasteiger partial charge on any atom is -0.389 e. The maximum Gasteiger partial charge on any atom is 0.242 e. The highest BCUT2D eigenvalue weighted by Gasteiger charge is 2.16. The van der Waals surface area contributed by atoms with Crippen molar-refractivity contribution >= 4 is 28.8 Å². The molecule has 20 heavy (non-hydrogen) atoms. The van der Waals surface area contributed by atoms with Gasteiger partial charge in [-0.15, -0.1) is 0 Å². The molecule has 0 saturated heterocycles. The summed E-state index contributed by atoms with van der Waals surface area (Å²) in [6, 6.07) is 3.86. The highest BCUT2D eigenvalue weighted by atomic mass is 32.1. The molecule has 0 bridgehead atoms. The second-order valence-corrected chi connectivity index (χ2v) is 4.62. The van der Waals surface area contributed by atoms with E-state index in [1.54, 1.807) is 20.1 Å². The van der Waals surface area contributed by atoms with Crippen molar-refractivity contribution in [2.75, 3.05) is 25.6 Å². The molecule has 7 heteroatoms. The smallest absolute Gasteiger partial charge is 0.242 e. The fraction of sp³-hybridized carbons (Fsp3) is 0.385. The quantitative estimate of drug-likeness (QED) is 0.518. The van der Waals surface area contributed by atoms with Crippen molar-refractivity contribution in [3.8, 4) is 0 Å². The largest absolute Gasteiger partial charge is 0.389 e. The molecule has 0 radical (unpaired) electrons. The maximum atomic E-state index is 13.7. The first kappa shape index (κ1) is 16.3. The van der Waals surface area contributed by atoms with E-state index in [4.69, 9.17) is 22.7 Å². The summed E-state index contributed by atoms with van der Waals surface area (Å²) in [6.45, 7) is 2.50. The predicted molar refractivity (Wildman–Crippen MR) is 80.3 cm³/mol. The van der Waals surface area contributed by atoms with E-state index in [9.17, 15) is 9.18 Å². The highest BCUT2D eigenvalue weighted by molar-refractivity contribution is 7.80. The van der Waals surface area contributed by atoms with E-state index in [2.05, 4.69) is 10.6 Å². The van der Waals surface area contributed by atoms with Gasteiger partial charge in [0.25, 0.3) is 0 Å². The van der Waals surface area contributed by atoms with Gasteiger partial charge in [0, 0.05) is 19.3 Å². The van der Waals surface area contributed by atoms with Crippen LogP contribution in [0.1, 0.15) is 12.5 Å². The fourth-order valence-electron chi connectivity index (χ4n) is 1.62. The molecule has 0 fully saturated rings. The number of anilines is 1. The summed E-state index contributed by atoms with van der Waals surface area (Å²) in [5.41, 5.74) is 6.01. The number of amides is 1. The van der Waals surface area contributed by atoms with Crippen LogP contribution in [0.5, 0.6) is 0 Å². The van der Waals surface area contributed by atoms with Gasteiger partial charge in [-0.05, 0) is 19.1 Å². The van der Waals surface area contributed by atoms with E-state index in [1.165, 1.54) is 12.1 Å². The molecule has 1 aromatic rings. The Labute approximate surface area is 122 Å². The summed E-state index contributed by atoms with van der Waals surface area (Å²) in [4.78, 5) is 11.7. The van der Waals surface area contributed by atoms with Gasteiger partial charge in [0.15, 0.2) is 0 Å². The molecule has 5 nitrogen and oxygen atoms in total. The average Bonchev–Trinajstić information content (AvgIpc) is 2.38. The Morgan fingerprint density at radius 3 is 2.85 bits per heavy atom. The van der Waals surface area contributed by atoms with Crippen molar-refractivity contribution < 1.29 is 13.9 Å². The van der Waals surface area contributed by atoms with E-state index in [0.717, 1.165) is 0 Å². The molecule has 1 aromatic carbocycles. The van der Waals surface area contributed by atoms with Crippen LogP contribution in [0.15, 0.2) is 18.2 Å². The number of hydrogen-bond donors (Lipinski definition) is 3. The Morgan fingerprint density at radius 2 is 2.25 bits per heavy atom. The van der Waals surface area contributed by atoms with E-state index in [-0.39, 0.29) is 16.5 Å². The zero-order chi connectivity index (χ0) is 15.1. The van der Waals surface area contributed by atoms with Crippen LogP contribution in [0, 0.1) is 5.82 Å². The lowest BCUT2D eigenvalue weighted by Gasteiger charge is -2.17. The number of ether oxygens (including phenoxy) is 1. The normalized spacial score (nSPS) is 11.8. The molecule has 1 amide bonds. The number of rotatable bonds is 7. The first-order valence-corrected chi connectivity index (χ1v) is 6.49. The lowest BCUT2D eigenvalue weighted by molar-refractivity contribution is -0.121. The van der Waals surface area contributed by atoms with Gasteiger partial charge in [0.2, 0.25) is 5.91 Å². The van der Waals surface area contributed by atoms with E-state index in [0.29, 0.717) is 18.8 Å². The van der Waals surface area contributed by atoms with Gasteiger partial charge < -0.3 is 21.1 Å². The molecule has 0 saturated carbocycles. The molecule has 0 aromatic heterocycles. The van der Waals surface area contributed by atoms with Gasteiger partial charge in [-0.3, -0.25) is 4.79 Å². The maximum absolute atomic E-state index is 13.7. The van der Waals surface area contributed by atoms with Crippen LogP contribution in [0.25, 0.3) is 0 Å². The number of nitrogens with one attached hydrogen (secondary N) is 2. The van der Waals surface area contributed by atoms with Gasteiger partial charge in [-0.25, -0.2) is 4.39 Å². The Balaban J connectivity index is 2.75. The number of benzene rings is 1. The van der Waals surface area contributed by atoms with E-state index >= 15 is 0 Å². The SMILES string of the molecule is COCCNC(=O)C(C)Nc1cccc(F)c1C(N)=S. The van der Waals surface area contributed by atoms with Crippen LogP contribution in [0.4, 0.5) is 10.1 Å². The van der Waals surface area contributed by atoms with Crippen molar-refractivity contribution in [1.82, 2.24) is 5.32 Å². The molecule has 1 rings (SSSR count). The minimum absolute atomic E-state index is 0.0578. The van der Waals surface area contributed by atoms with Gasteiger partial charge in [0.05, 0.1) is 12.2 Å². The number of nitrogens with two attached hydrogens (primary N) is 1. The van der Waals surface area contributed by atoms with E-state index in [1.807, 2.05) is 0 Å². The summed E-state index contributed by atoms with van der Waals surface area (Å²) in [5, 5.41) is 5.58. The highest BCUT2D eigenvalue weighted by Crippen LogP contribution is 2.19. The molecular formula is C13H18FN3O2S. The first-order chi connectivity index (χ1) is 9.47. The molecule has 1 unspecified atom stereocenters. The van der Waals surface area contributed by atoms with Crippen LogP contribution in [0.2, 0.25) is 0 Å². The number of halogens is 1. The van der Waals surface area contributed by atoms with Crippen molar-refractivity contribution in [3.05, 3.63) is 29.6 Å². The lowest BCUT2D eigenvalue weighted by Crippen LogP contribution is -2.39. The molecule has 1 atom stereocenters. The molecule has 0 aliphatic heterocycles. The van der Waals surface area contributed by atoms with Crippen LogP contribution in [0.3, 0.4) is 0 Å². The molecule has 0 heterocycles. The van der Waals surface area contributed by atoms with Gasteiger partial charge in [0.1, 0.15) is 16.8 Å². The summed E-state index contributed by atoms with van der Waals surface area (Å²) >= 11 is 4.82. The molecule has 0 spiro atoms. The number of carbonyl (C=O) groups excluding carboxylic acids is 1. The zero-order valence-electron chi connectivity index (χ0n) is 11.4. The third-order valence-corrected chi connectivity index (χ3v) is 2.83. The third-order valence-electron chi connectivity index (χ3n) is 2.63. The van der Waals surface area contributed by atoms with Gasteiger partial charge in [-0.1, -0.05) is 18.3 Å². The Hall–Kier alpha value is -1.73. The zero-order valence-corrected chi connectivity index (χ0v) is 12.2. The summed E-state index contributed by atoms with van der Waals surface area (Å²) in [7, 11) is 1.55. The van der Waals surface area contributed by atoms with Crippen LogP contribution >= 0.6 is 12.2 Å². The molecule has 0 aliphatic carbocycles. The summed E-state index contributed by atoms with van der Waals surface area (Å²) in [6.07, 6.45) is 0. The Kier molecular flexibility index (Phi) is 6.33. The number of hydrogen-bond acceptors (Lipinski definition) is 4. The van der Waals surface area contributed by atoms with Crippen molar-refractivity contribution in [2.45, 2.75) is 13.0 Å². The Morgan fingerprint density at radius 1 is 1.55 bits per heavy atom. The minimum atomic E-state index is -0.554. The molecule has 0 aliphatic rings. The van der Waals surface area contributed by atoms with Crippen molar-refractivity contribution in [2.24, 2.45) is 5.73 Å². The number of carbonyl (C=O) groups is 1. The fourth-order valence-corrected chi connectivity index (χ4v) is 1.83. The predicted octanol–water partition coefficient (Wildman–Crippen LogP) is 1.02. The molecular weight excluding hydrogens is 281 g/mol. The van der Waals surface area contributed by atoms with Crippen LogP contribution < -0.4 is 16.4 Å². The third kappa shape index (κ3) is 4.43. The standard InChI is InChI=1S/C13H18FN3O2S/c1-8(13(18)16-6-7-19-2)17-10-5-3-4-9(14)11(10)12(15)20/h3-5,8,17H,6-7H2,1-2H3,(H2,15,20)(H,16,18). The second-order valence-electron chi connectivity index (χ2n) is 4.18. The van der Waals surface area contributed by atoms with Crippen molar-refractivity contribution in [1.29, 1.82) is 0 Å². The van der Waals surface area contributed by atoms with Gasteiger partial charge >= 0.3 is 0 Å². The first-order valence-electron chi connectivity index (χ1n) is 6.09. The topological polar surface area (TPSA) is 76.4 Å².